The van der Waals surface area contributed by atoms with E-state index in [1.165, 1.54) is 11.1 Å². The second-order valence-corrected chi connectivity index (χ2v) is 8.21. The molecular weight excluding hydrogens is 356 g/mol. The third-order valence-electron chi connectivity index (χ3n) is 6.75. The summed E-state index contributed by atoms with van der Waals surface area (Å²) in [5, 5.41) is 3.12. The van der Waals surface area contributed by atoms with Gasteiger partial charge in [-0.25, -0.2) is 0 Å². The lowest BCUT2D eigenvalue weighted by molar-refractivity contribution is -0.199. The van der Waals surface area contributed by atoms with Crippen LogP contribution in [0.25, 0.3) is 0 Å². The largest absolute Gasteiger partial charge is 0.399 e. The smallest absolute Gasteiger partial charge is 0.260 e. The topological polar surface area (TPSA) is 100 Å². The minimum atomic E-state index is -0.650. The molecule has 140 valence electrons. The zero-order valence-electron chi connectivity index (χ0n) is 14.6. The van der Waals surface area contributed by atoms with Gasteiger partial charge in [-0.1, -0.05) is 18.2 Å². The van der Waals surface area contributed by atoms with E-state index in [9.17, 15) is 9.70 Å². The highest BCUT2D eigenvalue weighted by Gasteiger charge is 2.58. The molecule has 5 atom stereocenters. The van der Waals surface area contributed by atoms with Gasteiger partial charge in [0.15, 0.2) is 11.8 Å². The summed E-state index contributed by atoms with van der Waals surface area (Å²) in [7, 11) is 0. The number of hydrogen-bond acceptors (Lipinski definition) is 8. The average Bonchev–Trinajstić information content (AvgIpc) is 2.92. The number of aryl methyl sites for hydroxylation is 1. The van der Waals surface area contributed by atoms with Crippen molar-refractivity contribution in [2.75, 3.05) is 0 Å². The van der Waals surface area contributed by atoms with Gasteiger partial charge in [0, 0.05) is 5.41 Å². The fraction of sp³-hybridized carbons (Fsp3) is 0.611. The first kappa shape index (κ1) is 17.9. The van der Waals surface area contributed by atoms with Crippen molar-refractivity contribution in [1.82, 2.24) is 0 Å². The van der Waals surface area contributed by atoms with E-state index in [2.05, 4.69) is 20.6 Å². The van der Waals surface area contributed by atoms with E-state index in [-0.39, 0.29) is 17.1 Å². The quantitative estimate of drug-likeness (QED) is 0.274. The van der Waals surface area contributed by atoms with E-state index in [1.54, 1.807) is 0 Å². The van der Waals surface area contributed by atoms with Crippen molar-refractivity contribution in [1.29, 1.82) is 0 Å². The molecule has 0 bridgehead atoms. The monoisotopic (exact) mass is 378 g/mol. The Labute approximate surface area is 156 Å². The van der Waals surface area contributed by atoms with Crippen LogP contribution in [0.3, 0.4) is 0 Å². The van der Waals surface area contributed by atoms with Gasteiger partial charge in [-0.05, 0) is 73.1 Å². The van der Waals surface area contributed by atoms with Crippen LogP contribution in [0.1, 0.15) is 49.7 Å². The Kier molecular flexibility index (Phi) is 4.77. The minimum Gasteiger partial charge on any atom is -0.399 e. The number of Topliss-reactive ketones (excluding diaryl/α,β-unsaturated/α-hetero) is 1. The van der Waals surface area contributed by atoms with Gasteiger partial charge >= 0.3 is 0 Å². The number of benzene rings is 1. The molecule has 8 heteroatoms. The summed E-state index contributed by atoms with van der Waals surface area (Å²) in [5.41, 5.74) is 2.24. The minimum absolute atomic E-state index is 0.0599. The Morgan fingerprint density at radius 3 is 2.96 bits per heavy atom. The molecule has 4 unspecified atom stereocenters. The molecule has 26 heavy (non-hydrogen) atoms. The molecule has 1 aromatic rings. The van der Waals surface area contributed by atoms with Gasteiger partial charge in [-0.2, -0.15) is 10.8 Å². The van der Waals surface area contributed by atoms with Crippen LogP contribution >= 0.6 is 12.3 Å². The maximum atomic E-state index is 12.6. The molecule has 3 aliphatic rings. The molecular formula is C18H22N2O5S. The van der Waals surface area contributed by atoms with Crippen LogP contribution in [0.2, 0.25) is 0 Å². The predicted octanol–water partition coefficient (Wildman–Crippen LogP) is 3.62. The Morgan fingerprint density at radius 1 is 1.35 bits per heavy atom. The molecule has 2 fully saturated rings. The number of fused-ring (bicyclic) bond motifs is 5. The molecule has 0 amide bonds. The van der Waals surface area contributed by atoms with Crippen molar-refractivity contribution in [3.05, 3.63) is 34.2 Å². The molecule has 1 aromatic carbocycles. The summed E-state index contributed by atoms with van der Waals surface area (Å²) in [4.78, 5) is 27.7. The van der Waals surface area contributed by atoms with E-state index in [0.717, 1.165) is 25.7 Å². The SMILES string of the molecule is C[C@]12CCC3c4ccc(OSOON)cc4CCC3C1CC(N=O)C2=O. The molecule has 2 saturated carbocycles. The van der Waals surface area contributed by atoms with Crippen molar-refractivity contribution in [3.8, 4) is 5.75 Å². The normalized spacial score (nSPS) is 35.4. The third kappa shape index (κ3) is 2.76. The maximum Gasteiger partial charge on any atom is 0.260 e. The molecule has 3 aliphatic carbocycles. The standard InChI is InChI=1S/C18H22N2O5S/c1-18-7-6-13-12-5-3-11(23-26-25-24-19)8-10(12)2-4-14(13)15(18)9-16(20-22)17(18)21/h3,5,8,13-16H,2,4,6-7,9,19H2,1H3/t13?,14?,15?,16?,18-/m0/s1. The summed E-state index contributed by atoms with van der Waals surface area (Å²) in [6, 6.07) is 5.40. The molecule has 0 spiro atoms. The van der Waals surface area contributed by atoms with Crippen LogP contribution in [-0.2, 0) is 20.5 Å². The number of nitroso groups, excluding NO2 is 1. The summed E-state index contributed by atoms with van der Waals surface area (Å²) in [5.74, 6) is 6.66. The summed E-state index contributed by atoms with van der Waals surface area (Å²) < 4.78 is 9.84. The molecule has 0 radical (unpaired) electrons. The Morgan fingerprint density at radius 2 is 2.19 bits per heavy atom. The van der Waals surface area contributed by atoms with Gasteiger partial charge in [-0.3, -0.25) is 4.79 Å². The third-order valence-corrected chi connectivity index (χ3v) is 7.15. The molecule has 0 aromatic heterocycles. The average molecular weight is 378 g/mol. The second-order valence-electron chi connectivity index (χ2n) is 7.77. The van der Waals surface area contributed by atoms with Gasteiger partial charge < -0.3 is 4.18 Å². The highest BCUT2D eigenvalue weighted by Crippen LogP contribution is 2.60. The zero-order chi connectivity index (χ0) is 18.3. The maximum absolute atomic E-state index is 12.6. The Balaban J connectivity index is 1.57. The summed E-state index contributed by atoms with van der Waals surface area (Å²) in [6.45, 7) is 2.05. The van der Waals surface area contributed by atoms with Gasteiger partial charge in [0.25, 0.3) is 12.3 Å². The van der Waals surface area contributed by atoms with Crippen LogP contribution in [-0.4, -0.2) is 11.8 Å². The number of ketones is 1. The van der Waals surface area contributed by atoms with Crippen LogP contribution in [0.15, 0.2) is 23.4 Å². The van der Waals surface area contributed by atoms with Crippen LogP contribution in [0.5, 0.6) is 5.75 Å². The van der Waals surface area contributed by atoms with E-state index in [4.69, 9.17) is 10.1 Å². The number of hydrogen-bond donors (Lipinski definition) is 1. The van der Waals surface area contributed by atoms with E-state index < -0.39 is 6.04 Å². The van der Waals surface area contributed by atoms with Gasteiger partial charge in [0.1, 0.15) is 5.75 Å². The zero-order valence-corrected chi connectivity index (χ0v) is 15.4. The van der Waals surface area contributed by atoms with Crippen LogP contribution in [0, 0.1) is 22.2 Å². The predicted molar refractivity (Wildman–Crippen MR) is 95.6 cm³/mol. The molecule has 2 N–H and O–H groups in total. The van der Waals surface area contributed by atoms with E-state index in [1.807, 2.05) is 19.1 Å². The molecule has 7 nitrogen and oxygen atoms in total. The number of nitrogens with two attached hydrogens (primary N) is 1. The first-order valence-electron chi connectivity index (χ1n) is 8.95. The van der Waals surface area contributed by atoms with Crippen LogP contribution in [0.4, 0.5) is 0 Å². The fourth-order valence-corrected chi connectivity index (χ4v) is 5.80. The molecule has 4 rings (SSSR count). The Hall–Kier alpha value is -1.48. The highest BCUT2D eigenvalue weighted by atomic mass is 32.2. The molecule has 0 saturated heterocycles. The van der Waals surface area contributed by atoms with Crippen molar-refractivity contribution in [2.24, 2.45) is 28.3 Å². The highest BCUT2D eigenvalue weighted by molar-refractivity contribution is 7.90. The lowest BCUT2D eigenvalue weighted by atomic mass is 9.55. The van der Waals surface area contributed by atoms with Crippen molar-refractivity contribution >= 4 is 18.1 Å². The first-order chi connectivity index (χ1) is 12.6. The number of rotatable bonds is 5. The summed E-state index contributed by atoms with van der Waals surface area (Å²) in [6.07, 6.45) is 4.38. The number of carbonyl (C=O) groups is 1. The lowest BCUT2D eigenvalue weighted by Gasteiger charge is -2.48. The molecule has 0 aliphatic heterocycles. The van der Waals surface area contributed by atoms with Crippen LogP contribution < -0.4 is 10.1 Å². The molecule has 0 heterocycles. The van der Waals surface area contributed by atoms with Gasteiger partial charge in [-0.15, -0.1) is 9.32 Å². The van der Waals surface area contributed by atoms with Crippen molar-refractivity contribution < 1.29 is 18.3 Å². The van der Waals surface area contributed by atoms with E-state index in [0.29, 0.717) is 36.3 Å². The number of nitrogens with zero attached hydrogens (tertiary/aromatic N) is 1. The fourth-order valence-electron chi connectivity index (χ4n) is 5.56. The van der Waals surface area contributed by atoms with Crippen molar-refractivity contribution in [2.45, 2.75) is 51.0 Å². The van der Waals surface area contributed by atoms with Gasteiger partial charge in [0.05, 0.1) is 0 Å². The Bertz CT molecular complexity index is 730. The summed E-state index contributed by atoms with van der Waals surface area (Å²) >= 11 is 0.670. The van der Waals surface area contributed by atoms with Gasteiger partial charge in [0.2, 0.25) is 0 Å². The van der Waals surface area contributed by atoms with E-state index >= 15 is 0 Å². The van der Waals surface area contributed by atoms with Crippen molar-refractivity contribution in [3.63, 3.8) is 0 Å². The second kappa shape index (κ2) is 6.92. The lowest BCUT2D eigenvalue weighted by Crippen LogP contribution is -2.42. The number of carbonyl (C=O) groups excluding carboxylic acids is 1. The first-order valence-corrected chi connectivity index (χ1v) is 9.61.